The number of hydrogen-bond acceptors (Lipinski definition) is 3. The Morgan fingerprint density at radius 1 is 1.38 bits per heavy atom. The van der Waals surface area contributed by atoms with Gasteiger partial charge in [0.1, 0.15) is 5.82 Å². The lowest BCUT2D eigenvalue weighted by atomic mass is 9.98. The Labute approximate surface area is 101 Å². The highest BCUT2D eigenvalue weighted by Crippen LogP contribution is 2.32. The van der Waals surface area contributed by atoms with Crippen molar-refractivity contribution < 1.29 is 5.11 Å². The van der Waals surface area contributed by atoms with Crippen LogP contribution in [0.15, 0.2) is 18.3 Å². The topological polar surface area (TPSA) is 45.1 Å². The largest absolute Gasteiger partial charge is 0.390 e. The van der Waals surface area contributed by atoms with Gasteiger partial charge in [-0.05, 0) is 31.4 Å². The summed E-state index contributed by atoms with van der Waals surface area (Å²) >= 11 is 5.74. The molecule has 1 aliphatic carbocycles. The SMILES string of the molecule is OC1(CCNc2ccc(Cl)cn2)CCCC1. The number of hydrogen-bond donors (Lipinski definition) is 2. The first-order valence-electron chi connectivity index (χ1n) is 5.76. The van der Waals surface area contributed by atoms with Crippen LogP contribution >= 0.6 is 11.6 Å². The van der Waals surface area contributed by atoms with Gasteiger partial charge in [-0.2, -0.15) is 0 Å². The van der Waals surface area contributed by atoms with Gasteiger partial charge in [-0.25, -0.2) is 4.98 Å². The van der Waals surface area contributed by atoms with E-state index in [0.29, 0.717) is 5.02 Å². The van der Waals surface area contributed by atoms with Crippen LogP contribution in [0.5, 0.6) is 0 Å². The van der Waals surface area contributed by atoms with E-state index in [-0.39, 0.29) is 0 Å². The zero-order valence-electron chi connectivity index (χ0n) is 9.25. The van der Waals surface area contributed by atoms with Crippen molar-refractivity contribution in [1.82, 2.24) is 4.98 Å². The minimum absolute atomic E-state index is 0.445. The van der Waals surface area contributed by atoms with E-state index in [9.17, 15) is 5.11 Å². The van der Waals surface area contributed by atoms with Gasteiger partial charge in [-0.3, -0.25) is 0 Å². The second kappa shape index (κ2) is 5.02. The van der Waals surface area contributed by atoms with E-state index in [4.69, 9.17) is 11.6 Å². The Balaban J connectivity index is 1.77. The minimum atomic E-state index is -0.445. The molecule has 2 N–H and O–H groups in total. The zero-order valence-corrected chi connectivity index (χ0v) is 10.0. The molecule has 0 atom stereocenters. The Hall–Kier alpha value is -0.800. The van der Waals surface area contributed by atoms with Crippen molar-refractivity contribution in [3.63, 3.8) is 0 Å². The Bertz CT molecular complexity index is 333. The lowest BCUT2D eigenvalue weighted by Crippen LogP contribution is -2.27. The van der Waals surface area contributed by atoms with Crippen molar-refractivity contribution in [3.8, 4) is 0 Å². The summed E-state index contributed by atoms with van der Waals surface area (Å²) in [7, 11) is 0. The minimum Gasteiger partial charge on any atom is -0.390 e. The van der Waals surface area contributed by atoms with Crippen LogP contribution in [0.3, 0.4) is 0 Å². The fourth-order valence-corrected chi connectivity index (χ4v) is 2.30. The van der Waals surface area contributed by atoms with Gasteiger partial charge in [-0.15, -0.1) is 0 Å². The molecule has 0 aliphatic heterocycles. The zero-order chi connectivity index (χ0) is 11.4. The maximum absolute atomic E-state index is 10.1. The van der Waals surface area contributed by atoms with Gasteiger partial charge in [-0.1, -0.05) is 24.4 Å². The number of nitrogens with one attached hydrogen (secondary N) is 1. The van der Waals surface area contributed by atoms with E-state index in [1.807, 2.05) is 6.07 Å². The van der Waals surface area contributed by atoms with Gasteiger partial charge in [0.2, 0.25) is 0 Å². The van der Waals surface area contributed by atoms with Crippen LogP contribution in [-0.2, 0) is 0 Å². The average molecular weight is 241 g/mol. The molecule has 0 radical (unpaired) electrons. The van der Waals surface area contributed by atoms with Gasteiger partial charge in [0.15, 0.2) is 0 Å². The Kier molecular flexibility index (Phi) is 3.66. The van der Waals surface area contributed by atoms with Gasteiger partial charge in [0.05, 0.1) is 10.6 Å². The van der Waals surface area contributed by atoms with Crippen LogP contribution in [0.4, 0.5) is 5.82 Å². The molecule has 1 saturated carbocycles. The predicted octanol–water partition coefficient (Wildman–Crippen LogP) is 2.84. The fourth-order valence-electron chi connectivity index (χ4n) is 2.19. The first-order chi connectivity index (χ1) is 7.68. The molecule has 1 heterocycles. The van der Waals surface area contributed by atoms with Gasteiger partial charge < -0.3 is 10.4 Å². The van der Waals surface area contributed by atoms with E-state index in [1.54, 1.807) is 12.3 Å². The summed E-state index contributed by atoms with van der Waals surface area (Å²) in [5.74, 6) is 0.811. The highest BCUT2D eigenvalue weighted by atomic mass is 35.5. The molecule has 1 aliphatic rings. The summed E-state index contributed by atoms with van der Waals surface area (Å²) in [4.78, 5) is 4.14. The van der Waals surface area contributed by atoms with E-state index >= 15 is 0 Å². The van der Waals surface area contributed by atoms with Gasteiger partial charge in [0.25, 0.3) is 0 Å². The third-order valence-electron chi connectivity index (χ3n) is 3.16. The van der Waals surface area contributed by atoms with E-state index < -0.39 is 5.60 Å². The summed E-state index contributed by atoms with van der Waals surface area (Å²) in [6.45, 7) is 0.755. The molecule has 0 aromatic carbocycles. The third-order valence-corrected chi connectivity index (χ3v) is 3.38. The molecule has 0 amide bonds. The maximum Gasteiger partial charge on any atom is 0.125 e. The first kappa shape index (κ1) is 11.7. The lowest BCUT2D eigenvalue weighted by Gasteiger charge is -2.22. The Morgan fingerprint density at radius 2 is 2.12 bits per heavy atom. The molecule has 0 bridgehead atoms. The van der Waals surface area contributed by atoms with E-state index in [1.165, 1.54) is 0 Å². The molecule has 88 valence electrons. The molecule has 1 aromatic rings. The van der Waals surface area contributed by atoms with Crippen LogP contribution in [0.1, 0.15) is 32.1 Å². The van der Waals surface area contributed by atoms with Crippen molar-refractivity contribution in [2.45, 2.75) is 37.7 Å². The molecule has 1 aromatic heterocycles. The molecule has 1 fully saturated rings. The number of rotatable bonds is 4. The molecule has 3 nitrogen and oxygen atoms in total. The van der Waals surface area contributed by atoms with E-state index in [0.717, 1.165) is 44.5 Å². The molecular weight excluding hydrogens is 224 g/mol. The first-order valence-corrected chi connectivity index (χ1v) is 6.14. The number of halogens is 1. The highest BCUT2D eigenvalue weighted by molar-refractivity contribution is 6.30. The molecule has 0 spiro atoms. The van der Waals surface area contributed by atoms with Gasteiger partial charge in [0, 0.05) is 12.7 Å². The molecular formula is C12H17ClN2O. The normalized spacial score (nSPS) is 18.6. The summed E-state index contributed by atoms with van der Waals surface area (Å²) in [5, 5.41) is 14.0. The quantitative estimate of drug-likeness (QED) is 0.851. The second-order valence-electron chi connectivity index (χ2n) is 4.47. The smallest absolute Gasteiger partial charge is 0.125 e. The van der Waals surface area contributed by atoms with Crippen LogP contribution < -0.4 is 5.32 Å². The van der Waals surface area contributed by atoms with Gasteiger partial charge >= 0.3 is 0 Å². The van der Waals surface area contributed by atoms with Crippen molar-refractivity contribution in [3.05, 3.63) is 23.4 Å². The average Bonchev–Trinajstić information content (AvgIpc) is 2.69. The summed E-state index contributed by atoms with van der Waals surface area (Å²) in [6, 6.07) is 3.65. The Morgan fingerprint density at radius 3 is 2.75 bits per heavy atom. The van der Waals surface area contributed by atoms with Crippen molar-refractivity contribution >= 4 is 17.4 Å². The predicted molar refractivity (Wildman–Crippen MR) is 65.8 cm³/mol. The number of aromatic nitrogens is 1. The standard InChI is InChI=1S/C12H17ClN2O/c13-10-3-4-11(15-9-10)14-8-7-12(16)5-1-2-6-12/h3-4,9,16H,1-2,5-8H2,(H,14,15). The maximum atomic E-state index is 10.1. The summed E-state index contributed by atoms with van der Waals surface area (Å²) < 4.78 is 0. The highest BCUT2D eigenvalue weighted by Gasteiger charge is 2.30. The fraction of sp³-hybridized carbons (Fsp3) is 0.583. The van der Waals surface area contributed by atoms with Crippen molar-refractivity contribution in [2.75, 3.05) is 11.9 Å². The molecule has 4 heteroatoms. The number of nitrogens with zero attached hydrogens (tertiary/aromatic N) is 1. The van der Waals surface area contributed by atoms with Crippen LogP contribution in [0.25, 0.3) is 0 Å². The summed E-state index contributed by atoms with van der Waals surface area (Å²) in [5.41, 5.74) is -0.445. The van der Waals surface area contributed by atoms with Crippen molar-refractivity contribution in [1.29, 1.82) is 0 Å². The number of pyridine rings is 1. The molecule has 2 rings (SSSR count). The molecule has 0 saturated heterocycles. The molecule has 16 heavy (non-hydrogen) atoms. The van der Waals surface area contributed by atoms with Crippen LogP contribution in [0.2, 0.25) is 5.02 Å². The lowest BCUT2D eigenvalue weighted by molar-refractivity contribution is 0.0424. The summed E-state index contributed by atoms with van der Waals surface area (Å²) in [6.07, 6.45) is 6.57. The number of anilines is 1. The van der Waals surface area contributed by atoms with Crippen LogP contribution in [-0.4, -0.2) is 22.2 Å². The second-order valence-corrected chi connectivity index (χ2v) is 4.91. The van der Waals surface area contributed by atoms with Crippen LogP contribution in [0, 0.1) is 0 Å². The number of aliphatic hydroxyl groups is 1. The molecule has 0 unspecified atom stereocenters. The van der Waals surface area contributed by atoms with Crippen molar-refractivity contribution in [2.24, 2.45) is 0 Å². The monoisotopic (exact) mass is 240 g/mol. The van der Waals surface area contributed by atoms with E-state index in [2.05, 4.69) is 10.3 Å². The third kappa shape index (κ3) is 3.09.